The number of fused-ring (bicyclic) bond motifs is 2. The summed E-state index contributed by atoms with van der Waals surface area (Å²) in [6, 6.07) is 6.72. The molecule has 3 aliphatic heterocycles. The van der Waals surface area contributed by atoms with Crippen LogP contribution in [0.25, 0.3) is 0 Å². The Morgan fingerprint density at radius 3 is 2.38 bits per heavy atom. The lowest BCUT2D eigenvalue weighted by atomic mass is 10.2. The Balaban J connectivity index is 0.000000120. The molecule has 0 amide bonds. The molecule has 4 rings (SSSR count). The fraction of sp³-hybridized carbons (Fsp3) is 0.538. The minimum absolute atomic E-state index is 0.898. The topological polar surface area (TPSA) is 12.5 Å². The van der Waals surface area contributed by atoms with Crippen LogP contribution in [0.1, 0.15) is 26.2 Å². The van der Waals surface area contributed by atoms with E-state index in [1.54, 1.807) is 0 Å². The smallest absolute Gasteiger partial charge is 0.145 e. The summed E-state index contributed by atoms with van der Waals surface area (Å²) in [5, 5.41) is 0. The van der Waals surface area contributed by atoms with Gasteiger partial charge in [-0.15, -0.1) is 0 Å². The van der Waals surface area contributed by atoms with Gasteiger partial charge in [0.2, 0.25) is 0 Å². The van der Waals surface area contributed by atoms with Crippen molar-refractivity contribution in [3.05, 3.63) is 22.7 Å². The Kier molecular flexibility index (Phi) is 3.87. The fourth-order valence-electron chi connectivity index (χ4n) is 2.22. The summed E-state index contributed by atoms with van der Waals surface area (Å²) in [6.45, 7) is 3.59. The first-order valence-electron chi connectivity index (χ1n) is 5.89. The second kappa shape index (κ2) is 5.19. The van der Waals surface area contributed by atoms with E-state index in [1.807, 2.05) is 18.2 Å². The quantitative estimate of drug-likeness (QED) is 0.783. The number of halogens is 1. The molecule has 0 radical (unpaired) electrons. The Hall–Kier alpha value is -0.540. The van der Waals surface area contributed by atoms with Gasteiger partial charge >= 0.3 is 0 Å². The number of benzene rings is 1. The lowest BCUT2D eigenvalue weighted by Gasteiger charge is -2.18. The van der Waals surface area contributed by atoms with Gasteiger partial charge in [-0.25, -0.2) is 0 Å². The molecule has 2 bridgehead atoms. The van der Waals surface area contributed by atoms with Crippen LogP contribution >= 0.6 is 15.9 Å². The molecule has 3 aliphatic rings. The van der Waals surface area contributed by atoms with Crippen molar-refractivity contribution in [2.24, 2.45) is 0 Å². The van der Waals surface area contributed by atoms with Crippen molar-refractivity contribution in [1.82, 2.24) is 4.90 Å². The van der Waals surface area contributed by atoms with Gasteiger partial charge in [-0.1, -0.05) is 13.0 Å². The maximum absolute atomic E-state index is 5.09. The number of hydrogen-bond acceptors (Lipinski definition) is 2. The molecule has 3 heteroatoms. The summed E-state index contributed by atoms with van der Waals surface area (Å²) >= 11 is 3.34. The molecule has 1 aromatic carbocycles. The van der Waals surface area contributed by atoms with Gasteiger partial charge < -0.3 is 9.64 Å². The molecule has 1 fully saturated rings. The molecule has 0 spiro atoms. The first-order valence-corrected chi connectivity index (χ1v) is 6.68. The Labute approximate surface area is 106 Å². The standard InChI is InChI=1S/C7H15N.C6H3BrO/c1-3-7-5-4-6-8(7)2;7-6-4-2-1-3-5(6)8-4/h7H,3-6H2,1-2H3;1-3H. The van der Waals surface area contributed by atoms with E-state index in [2.05, 4.69) is 34.8 Å². The largest absolute Gasteiger partial charge is 0.455 e. The fourth-order valence-corrected chi connectivity index (χ4v) is 2.64. The second-order valence-corrected chi connectivity index (χ2v) is 5.15. The maximum Gasteiger partial charge on any atom is 0.145 e. The second-order valence-electron chi connectivity index (χ2n) is 4.36. The number of nitrogens with zero attached hydrogens (tertiary/aromatic N) is 1. The first kappa shape index (κ1) is 11.9. The van der Waals surface area contributed by atoms with Gasteiger partial charge in [0, 0.05) is 6.04 Å². The van der Waals surface area contributed by atoms with Gasteiger partial charge in [0.1, 0.15) is 16.0 Å². The highest BCUT2D eigenvalue weighted by atomic mass is 79.9. The van der Waals surface area contributed by atoms with Crippen molar-refractivity contribution in [2.45, 2.75) is 32.2 Å². The summed E-state index contributed by atoms with van der Waals surface area (Å²) in [5.41, 5.74) is 0. The summed E-state index contributed by atoms with van der Waals surface area (Å²) in [5.74, 6) is 1.89. The minimum Gasteiger partial charge on any atom is -0.455 e. The van der Waals surface area contributed by atoms with E-state index < -0.39 is 0 Å². The van der Waals surface area contributed by atoms with Crippen LogP contribution in [-0.2, 0) is 0 Å². The molecule has 1 saturated heterocycles. The molecular weight excluding hydrogens is 266 g/mol. The SMILES string of the molecule is Brc1c2cccc1O2.CCC1CCCN1C. The summed E-state index contributed by atoms with van der Waals surface area (Å²) in [7, 11) is 2.22. The van der Waals surface area contributed by atoms with Crippen molar-refractivity contribution >= 4 is 15.9 Å². The molecule has 2 nitrogen and oxygen atoms in total. The first-order chi connectivity index (χ1) is 7.72. The van der Waals surface area contributed by atoms with Crippen LogP contribution in [0.3, 0.4) is 0 Å². The van der Waals surface area contributed by atoms with Crippen LogP contribution in [0.15, 0.2) is 22.7 Å². The molecule has 0 saturated carbocycles. The van der Waals surface area contributed by atoms with E-state index >= 15 is 0 Å². The Morgan fingerprint density at radius 1 is 1.44 bits per heavy atom. The molecule has 16 heavy (non-hydrogen) atoms. The highest BCUT2D eigenvalue weighted by Gasteiger charge is 2.18. The molecule has 3 heterocycles. The number of ether oxygens (including phenoxy) is 1. The molecule has 0 aliphatic carbocycles. The van der Waals surface area contributed by atoms with Crippen molar-refractivity contribution in [3.63, 3.8) is 0 Å². The average molecular weight is 284 g/mol. The van der Waals surface area contributed by atoms with Crippen LogP contribution in [0, 0.1) is 0 Å². The monoisotopic (exact) mass is 283 g/mol. The van der Waals surface area contributed by atoms with E-state index in [9.17, 15) is 0 Å². The van der Waals surface area contributed by atoms with E-state index in [0.717, 1.165) is 22.0 Å². The van der Waals surface area contributed by atoms with Gasteiger partial charge in [-0.3, -0.25) is 0 Å². The maximum atomic E-state index is 5.09. The summed E-state index contributed by atoms with van der Waals surface area (Å²) < 4.78 is 6.19. The Morgan fingerprint density at radius 2 is 2.12 bits per heavy atom. The van der Waals surface area contributed by atoms with Crippen molar-refractivity contribution in [1.29, 1.82) is 0 Å². The molecule has 1 atom stereocenters. The summed E-state index contributed by atoms with van der Waals surface area (Å²) in [4.78, 5) is 2.46. The van der Waals surface area contributed by atoms with Gasteiger partial charge in [-0.05, 0) is 60.9 Å². The molecule has 88 valence electrons. The van der Waals surface area contributed by atoms with Crippen LogP contribution in [0.4, 0.5) is 0 Å². The van der Waals surface area contributed by atoms with E-state index in [0.29, 0.717) is 0 Å². The van der Waals surface area contributed by atoms with Crippen LogP contribution in [0.5, 0.6) is 11.5 Å². The predicted molar refractivity (Wildman–Crippen MR) is 70.2 cm³/mol. The molecule has 1 unspecified atom stereocenters. The van der Waals surface area contributed by atoms with E-state index in [1.165, 1.54) is 25.8 Å². The molecule has 0 N–H and O–H groups in total. The Bertz CT molecular complexity index is 347. The van der Waals surface area contributed by atoms with Crippen LogP contribution in [-0.4, -0.2) is 24.5 Å². The van der Waals surface area contributed by atoms with E-state index in [-0.39, 0.29) is 0 Å². The van der Waals surface area contributed by atoms with Gasteiger partial charge in [0.05, 0.1) is 0 Å². The lowest BCUT2D eigenvalue weighted by molar-refractivity contribution is 0.304. The third-order valence-corrected chi connectivity index (χ3v) is 4.07. The zero-order valence-corrected chi connectivity index (χ0v) is 11.5. The van der Waals surface area contributed by atoms with Crippen molar-refractivity contribution < 1.29 is 4.74 Å². The van der Waals surface area contributed by atoms with Crippen molar-refractivity contribution in [2.75, 3.05) is 13.6 Å². The third-order valence-electron chi connectivity index (χ3n) is 3.29. The average Bonchev–Trinajstić information content (AvgIpc) is 2.75. The zero-order chi connectivity index (χ0) is 11.5. The third kappa shape index (κ3) is 2.41. The molecule has 1 aromatic rings. The van der Waals surface area contributed by atoms with E-state index in [4.69, 9.17) is 4.74 Å². The number of rotatable bonds is 1. The lowest BCUT2D eigenvalue weighted by Crippen LogP contribution is -2.23. The highest BCUT2D eigenvalue weighted by molar-refractivity contribution is 9.10. The number of likely N-dealkylation sites (tertiary alicyclic amines) is 1. The van der Waals surface area contributed by atoms with Gasteiger partial charge in [0.25, 0.3) is 0 Å². The number of hydrogen-bond donors (Lipinski definition) is 0. The predicted octanol–water partition coefficient (Wildman–Crippen LogP) is 4.05. The van der Waals surface area contributed by atoms with Gasteiger partial charge in [-0.2, -0.15) is 0 Å². The van der Waals surface area contributed by atoms with Gasteiger partial charge in [0.15, 0.2) is 0 Å². The van der Waals surface area contributed by atoms with Crippen LogP contribution in [0.2, 0.25) is 0 Å². The molecule has 0 aromatic heterocycles. The zero-order valence-electron chi connectivity index (χ0n) is 9.87. The summed E-state index contributed by atoms with van der Waals surface area (Å²) in [6.07, 6.45) is 4.17. The normalized spacial score (nSPS) is 21.8. The van der Waals surface area contributed by atoms with Crippen LogP contribution < -0.4 is 4.74 Å². The highest BCUT2D eigenvalue weighted by Crippen LogP contribution is 2.45. The minimum atomic E-state index is 0.898. The van der Waals surface area contributed by atoms with Crippen molar-refractivity contribution in [3.8, 4) is 11.5 Å². The molecular formula is C13H18BrNO.